The molecule has 2 heterocycles. The van der Waals surface area contributed by atoms with E-state index >= 15 is 0 Å². The van der Waals surface area contributed by atoms with Crippen molar-refractivity contribution in [3.8, 4) is 11.3 Å². The van der Waals surface area contributed by atoms with Gasteiger partial charge in [-0.25, -0.2) is 0 Å². The predicted molar refractivity (Wildman–Crippen MR) is 119 cm³/mol. The summed E-state index contributed by atoms with van der Waals surface area (Å²) >= 11 is 12.4. The van der Waals surface area contributed by atoms with Crippen LogP contribution in [0.15, 0.2) is 60.9 Å². The number of halogens is 2. The molecule has 0 saturated heterocycles. The van der Waals surface area contributed by atoms with Crippen LogP contribution in [0.4, 0.5) is 0 Å². The summed E-state index contributed by atoms with van der Waals surface area (Å²) in [6.45, 7) is 5.08. The van der Waals surface area contributed by atoms with Crippen LogP contribution < -0.4 is 0 Å². The van der Waals surface area contributed by atoms with Crippen LogP contribution in [0, 0.1) is 0 Å². The summed E-state index contributed by atoms with van der Waals surface area (Å²) in [5.41, 5.74) is 7.16. The largest absolute Gasteiger partial charge is 0.342 e. The number of benzene rings is 2. The molecule has 2 nitrogen and oxygen atoms in total. The fourth-order valence-corrected chi connectivity index (χ4v) is 4.24. The van der Waals surface area contributed by atoms with Crippen LogP contribution in [-0.2, 0) is 19.4 Å². The molecule has 4 aromatic rings. The number of hydrogen-bond acceptors (Lipinski definition) is 1. The number of rotatable bonds is 5. The molecule has 0 atom stereocenters. The SMILES string of the molecule is CCc1cccc(CC)c1-c1cc2ccn(Cc3ccc(Cl)cc3Cl)c2cn1. The highest BCUT2D eigenvalue weighted by Crippen LogP contribution is 2.30. The van der Waals surface area contributed by atoms with E-state index in [0.717, 1.165) is 29.6 Å². The van der Waals surface area contributed by atoms with E-state index in [-0.39, 0.29) is 0 Å². The lowest BCUT2D eigenvalue weighted by atomic mass is 9.94. The van der Waals surface area contributed by atoms with Crippen LogP contribution in [0.1, 0.15) is 30.5 Å². The van der Waals surface area contributed by atoms with E-state index in [1.54, 1.807) is 6.07 Å². The summed E-state index contributed by atoms with van der Waals surface area (Å²) in [5.74, 6) is 0. The minimum atomic E-state index is 0.652. The number of aryl methyl sites for hydroxylation is 2. The highest BCUT2D eigenvalue weighted by Gasteiger charge is 2.12. The summed E-state index contributed by atoms with van der Waals surface area (Å²) < 4.78 is 2.17. The molecule has 4 rings (SSSR count). The molecule has 0 unspecified atom stereocenters. The highest BCUT2D eigenvalue weighted by atomic mass is 35.5. The summed E-state index contributed by atoms with van der Waals surface area (Å²) in [6.07, 6.45) is 6.06. The Bertz CT molecular complexity index is 1120. The van der Waals surface area contributed by atoms with Crippen LogP contribution >= 0.6 is 23.2 Å². The van der Waals surface area contributed by atoms with Crippen molar-refractivity contribution in [1.29, 1.82) is 0 Å². The summed E-state index contributed by atoms with van der Waals surface area (Å²) in [7, 11) is 0. The fourth-order valence-electron chi connectivity index (χ4n) is 3.77. The minimum Gasteiger partial charge on any atom is -0.342 e. The molecular formula is C24H22Cl2N2. The number of pyridine rings is 1. The van der Waals surface area contributed by atoms with E-state index in [0.29, 0.717) is 16.6 Å². The molecule has 0 amide bonds. The van der Waals surface area contributed by atoms with Crippen LogP contribution in [0.3, 0.4) is 0 Å². The van der Waals surface area contributed by atoms with Crippen molar-refractivity contribution in [1.82, 2.24) is 9.55 Å². The van der Waals surface area contributed by atoms with Crippen molar-refractivity contribution in [3.05, 3.63) is 87.7 Å². The van der Waals surface area contributed by atoms with E-state index in [4.69, 9.17) is 28.2 Å². The van der Waals surface area contributed by atoms with E-state index in [9.17, 15) is 0 Å². The topological polar surface area (TPSA) is 17.8 Å². The van der Waals surface area contributed by atoms with Crippen molar-refractivity contribution in [2.24, 2.45) is 0 Å². The minimum absolute atomic E-state index is 0.652. The monoisotopic (exact) mass is 408 g/mol. The Hall–Kier alpha value is -2.29. The first-order chi connectivity index (χ1) is 13.6. The maximum atomic E-state index is 6.36. The van der Waals surface area contributed by atoms with E-state index < -0.39 is 0 Å². The first kappa shape index (κ1) is 19.0. The number of aromatic nitrogens is 2. The second-order valence-electron chi connectivity index (χ2n) is 6.97. The van der Waals surface area contributed by atoms with E-state index in [1.165, 1.54) is 22.1 Å². The maximum absolute atomic E-state index is 6.36. The summed E-state index contributed by atoms with van der Waals surface area (Å²) in [4.78, 5) is 4.83. The molecule has 2 aromatic carbocycles. The first-order valence-corrected chi connectivity index (χ1v) is 10.4. The highest BCUT2D eigenvalue weighted by molar-refractivity contribution is 6.35. The van der Waals surface area contributed by atoms with Gasteiger partial charge in [0.15, 0.2) is 0 Å². The molecule has 4 heteroatoms. The van der Waals surface area contributed by atoms with Crippen LogP contribution in [-0.4, -0.2) is 9.55 Å². The molecule has 0 aliphatic carbocycles. The fraction of sp³-hybridized carbons (Fsp3) is 0.208. The molecule has 0 radical (unpaired) electrons. The van der Waals surface area contributed by atoms with Gasteiger partial charge in [0.25, 0.3) is 0 Å². The zero-order valence-electron chi connectivity index (χ0n) is 16.0. The van der Waals surface area contributed by atoms with Gasteiger partial charge in [-0.15, -0.1) is 0 Å². The molecule has 2 aromatic heterocycles. The maximum Gasteiger partial charge on any atom is 0.0715 e. The Morgan fingerprint density at radius 1 is 0.893 bits per heavy atom. The standard InChI is InChI=1S/C24H22Cl2N2/c1-3-16-6-5-7-17(4-2)24(16)22-12-18-10-11-28(23(18)14-27-22)15-19-8-9-20(25)13-21(19)26/h5-14H,3-4,15H2,1-2H3. The molecule has 0 bridgehead atoms. The van der Waals surface area contributed by atoms with Gasteiger partial charge in [-0.2, -0.15) is 0 Å². The van der Waals surface area contributed by atoms with Crippen LogP contribution in [0.5, 0.6) is 0 Å². The van der Waals surface area contributed by atoms with Crippen molar-refractivity contribution >= 4 is 34.1 Å². The molecule has 28 heavy (non-hydrogen) atoms. The zero-order valence-corrected chi connectivity index (χ0v) is 17.6. The quantitative estimate of drug-likeness (QED) is 0.341. The van der Waals surface area contributed by atoms with Crippen molar-refractivity contribution in [3.63, 3.8) is 0 Å². The van der Waals surface area contributed by atoms with E-state index in [2.05, 4.69) is 54.9 Å². The molecule has 0 aliphatic rings. The second-order valence-corrected chi connectivity index (χ2v) is 7.81. The van der Waals surface area contributed by atoms with Gasteiger partial charge in [-0.3, -0.25) is 4.98 Å². The summed E-state index contributed by atoms with van der Waals surface area (Å²) in [6, 6.07) is 16.5. The van der Waals surface area contributed by atoms with Crippen LogP contribution in [0.2, 0.25) is 10.0 Å². The lowest BCUT2D eigenvalue weighted by Gasteiger charge is -2.13. The Balaban J connectivity index is 1.75. The van der Waals surface area contributed by atoms with Gasteiger partial charge < -0.3 is 4.57 Å². The Kier molecular flexibility index (Phi) is 5.43. The van der Waals surface area contributed by atoms with E-state index in [1.807, 2.05) is 18.3 Å². The lowest BCUT2D eigenvalue weighted by Crippen LogP contribution is -2.00. The Morgan fingerprint density at radius 2 is 1.64 bits per heavy atom. The molecule has 0 spiro atoms. The van der Waals surface area contributed by atoms with Gasteiger partial charge in [-0.05, 0) is 53.8 Å². The molecule has 142 valence electrons. The zero-order chi connectivity index (χ0) is 19.7. The van der Waals surface area contributed by atoms with Crippen molar-refractivity contribution in [2.45, 2.75) is 33.2 Å². The number of fused-ring (bicyclic) bond motifs is 1. The van der Waals surface area contributed by atoms with Crippen molar-refractivity contribution < 1.29 is 0 Å². The average Bonchev–Trinajstić information content (AvgIpc) is 3.11. The Morgan fingerprint density at radius 3 is 2.32 bits per heavy atom. The lowest BCUT2D eigenvalue weighted by molar-refractivity contribution is 0.835. The normalized spacial score (nSPS) is 11.3. The molecular weight excluding hydrogens is 387 g/mol. The third-order valence-corrected chi connectivity index (χ3v) is 5.86. The molecule has 0 saturated carbocycles. The second kappa shape index (κ2) is 7.98. The van der Waals surface area contributed by atoms with Crippen LogP contribution in [0.25, 0.3) is 22.2 Å². The smallest absolute Gasteiger partial charge is 0.0715 e. The van der Waals surface area contributed by atoms with Gasteiger partial charge in [-0.1, -0.05) is 61.3 Å². The van der Waals surface area contributed by atoms with Gasteiger partial charge >= 0.3 is 0 Å². The third kappa shape index (κ3) is 3.55. The average molecular weight is 409 g/mol. The predicted octanol–water partition coefficient (Wildman–Crippen LogP) is 7.18. The van der Waals surface area contributed by atoms with Gasteiger partial charge in [0.05, 0.1) is 17.4 Å². The molecule has 0 N–H and O–H groups in total. The molecule has 0 fully saturated rings. The number of hydrogen-bond donors (Lipinski definition) is 0. The Labute approximate surface area is 175 Å². The third-order valence-electron chi connectivity index (χ3n) is 5.27. The first-order valence-electron chi connectivity index (χ1n) is 9.60. The summed E-state index contributed by atoms with van der Waals surface area (Å²) in [5, 5.41) is 2.52. The van der Waals surface area contributed by atoms with Gasteiger partial charge in [0, 0.05) is 33.7 Å². The molecule has 0 aliphatic heterocycles. The van der Waals surface area contributed by atoms with Crippen molar-refractivity contribution in [2.75, 3.05) is 0 Å². The number of nitrogens with zero attached hydrogens (tertiary/aromatic N) is 2. The van der Waals surface area contributed by atoms with Gasteiger partial charge in [0.1, 0.15) is 0 Å². The van der Waals surface area contributed by atoms with Gasteiger partial charge in [0.2, 0.25) is 0 Å².